The molecule has 0 aromatic carbocycles. The molecule has 2 N–H and O–H groups in total. The minimum absolute atomic E-state index is 0. The van der Waals surface area contributed by atoms with Gasteiger partial charge in [0.1, 0.15) is 12.2 Å². The van der Waals surface area contributed by atoms with Crippen LogP contribution in [0.3, 0.4) is 0 Å². The number of halogens is 2. The molecule has 1 aliphatic rings. The molecule has 2 rings (SSSR count). The standard InChI is InChI=1S/C13H15FN4O.ClH/c14-10-6-11(7-15)18(8-10)13(19)12(16)5-9-1-3-17-4-2-9;/h1-4,10-12H,5-6,8,16H2;1H/t10-,11-,12-;/m0./s1. The monoisotopic (exact) mass is 298 g/mol. The fourth-order valence-corrected chi connectivity index (χ4v) is 2.22. The summed E-state index contributed by atoms with van der Waals surface area (Å²) < 4.78 is 13.3. The zero-order valence-corrected chi connectivity index (χ0v) is 11.6. The molecule has 0 radical (unpaired) electrons. The number of amides is 1. The van der Waals surface area contributed by atoms with Crippen molar-refractivity contribution < 1.29 is 9.18 Å². The normalized spacial score (nSPS) is 22.8. The maximum atomic E-state index is 13.3. The van der Waals surface area contributed by atoms with E-state index in [1.165, 1.54) is 4.90 Å². The van der Waals surface area contributed by atoms with Crippen molar-refractivity contribution in [3.8, 4) is 6.07 Å². The molecule has 1 aromatic rings. The number of hydrogen-bond acceptors (Lipinski definition) is 4. The van der Waals surface area contributed by atoms with Gasteiger partial charge in [-0.3, -0.25) is 9.78 Å². The molecule has 3 atom stereocenters. The maximum Gasteiger partial charge on any atom is 0.241 e. The summed E-state index contributed by atoms with van der Waals surface area (Å²) in [6.07, 6.45) is 2.54. The highest BCUT2D eigenvalue weighted by atomic mass is 35.5. The number of pyridine rings is 1. The molecular weight excluding hydrogens is 283 g/mol. The second-order valence-corrected chi connectivity index (χ2v) is 4.63. The fourth-order valence-electron chi connectivity index (χ4n) is 2.22. The Hall–Kier alpha value is -1.71. The van der Waals surface area contributed by atoms with Gasteiger partial charge in [-0.05, 0) is 24.1 Å². The smallest absolute Gasteiger partial charge is 0.241 e. The van der Waals surface area contributed by atoms with Gasteiger partial charge in [0.25, 0.3) is 0 Å². The fraction of sp³-hybridized carbons (Fsp3) is 0.462. The number of rotatable bonds is 3. The molecule has 1 amide bonds. The second-order valence-electron chi connectivity index (χ2n) is 4.63. The van der Waals surface area contributed by atoms with E-state index in [0.717, 1.165) is 5.56 Å². The van der Waals surface area contributed by atoms with Crippen LogP contribution in [0, 0.1) is 11.3 Å². The number of nitrogens with zero attached hydrogens (tertiary/aromatic N) is 3. The van der Waals surface area contributed by atoms with Crippen LogP contribution in [0.25, 0.3) is 0 Å². The van der Waals surface area contributed by atoms with E-state index in [-0.39, 0.29) is 31.3 Å². The molecule has 1 aliphatic heterocycles. The largest absolute Gasteiger partial charge is 0.322 e. The quantitative estimate of drug-likeness (QED) is 0.896. The molecule has 1 saturated heterocycles. The van der Waals surface area contributed by atoms with Gasteiger partial charge in [0.2, 0.25) is 5.91 Å². The highest BCUT2D eigenvalue weighted by Gasteiger charge is 2.37. The Labute approximate surface area is 123 Å². The van der Waals surface area contributed by atoms with Crippen molar-refractivity contribution in [3.63, 3.8) is 0 Å². The van der Waals surface area contributed by atoms with Crippen LogP contribution in [0.5, 0.6) is 0 Å². The Morgan fingerprint density at radius 2 is 2.25 bits per heavy atom. The predicted molar refractivity (Wildman–Crippen MR) is 73.8 cm³/mol. The average molecular weight is 299 g/mol. The van der Waals surface area contributed by atoms with Gasteiger partial charge in [-0.2, -0.15) is 5.26 Å². The first-order valence-corrected chi connectivity index (χ1v) is 6.10. The molecular formula is C13H16ClFN4O. The molecule has 0 spiro atoms. The summed E-state index contributed by atoms with van der Waals surface area (Å²) in [5.74, 6) is -0.372. The topological polar surface area (TPSA) is 83.0 Å². The number of nitrogens with two attached hydrogens (primary N) is 1. The lowest BCUT2D eigenvalue weighted by Crippen LogP contribution is -2.46. The van der Waals surface area contributed by atoms with Crippen molar-refractivity contribution >= 4 is 18.3 Å². The van der Waals surface area contributed by atoms with Gasteiger partial charge < -0.3 is 10.6 Å². The molecule has 0 aliphatic carbocycles. The second kappa shape index (κ2) is 7.17. The Morgan fingerprint density at radius 1 is 1.60 bits per heavy atom. The maximum absolute atomic E-state index is 13.3. The Morgan fingerprint density at radius 3 is 2.85 bits per heavy atom. The summed E-state index contributed by atoms with van der Waals surface area (Å²) in [6, 6.07) is 4.03. The van der Waals surface area contributed by atoms with Gasteiger partial charge in [0.15, 0.2) is 0 Å². The molecule has 7 heteroatoms. The minimum Gasteiger partial charge on any atom is -0.322 e. The van der Waals surface area contributed by atoms with Crippen LogP contribution in [-0.4, -0.2) is 40.6 Å². The van der Waals surface area contributed by atoms with Crippen LogP contribution in [0.2, 0.25) is 0 Å². The van der Waals surface area contributed by atoms with Crippen LogP contribution < -0.4 is 5.73 Å². The van der Waals surface area contributed by atoms with Crippen molar-refractivity contribution in [2.24, 2.45) is 5.73 Å². The predicted octanol–water partition coefficient (Wildman–Crippen LogP) is 0.836. The van der Waals surface area contributed by atoms with E-state index < -0.39 is 18.3 Å². The summed E-state index contributed by atoms with van der Waals surface area (Å²) in [6.45, 7) is -0.0406. The zero-order chi connectivity index (χ0) is 13.8. The number of hydrogen-bond donors (Lipinski definition) is 1. The van der Waals surface area contributed by atoms with Crippen molar-refractivity contribution in [2.75, 3.05) is 6.54 Å². The van der Waals surface area contributed by atoms with Gasteiger partial charge in [0.05, 0.1) is 18.7 Å². The highest BCUT2D eigenvalue weighted by molar-refractivity contribution is 5.85. The third-order valence-corrected chi connectivity index (χ3v) is 3.20. The molecule has 5 nitrogen and oxygen atoms in total. The first-order valence-electron chi connectivity index (χ1n) is 6.10. The van der Waals surface area contributed by atoms with Crippen LogP contribution in [0.1, 0.15) is 12.0 Å². The Kier molecular flexibility index (Phi) is 5.86. The number of alkyl halides is 1. The van der Waals surface area contributed by atoms with Gasteiger partial charge in [-0.15, -0.1) is 12.4 Å². The summed E-state index contributed by atoms with van der Waals surface area (Å²) >= 11 is 0. The van der Waals surface area contributed by atoms with Crippen LogP contribution in [0.15, 0.2) is 24.5 Å². The lowest BCUT2D eigenvalue weighted by atomic mass is 10.1. The number of nitriles is 1. The molecule has 0 unspecified atom stereocenters. The molecule has 0 bridgehead atoms. The van der Waals surface area contributed by atoms with Crippen molar-refractivity contribution in [1.82, 2.24) is 9.88 Å². The summed E-state index contributed by atoms with van der Waals surface area (Å²) in [5, 5.41) is 8.91. The molecule has 2 heterocycles. The molecule has 20 heavy (non-hydrogen) atoms. The SMILES string of the molecule is Cl.N#C[C@@H]1C[C@H](F)CN1C(=O)[C@@H](N)Cc1ccncc1. The number of carbonyl (C=O) groups is 1. The summed E-state index contributed by atoms with van der Waals surface area (Å²) in [4.78, 5) is 17.3. The Balaban J connectivity index is 0.00000200. The van der Waals surface area contributed by atoms with Crippen LogP contribution in [-0.2, 0) is 11.2 Å². The van der Waals surface area contributed by atoms with Gasteiger partial charge >= 0.3 is 0 Å². The lowest BCUT2D eigenvalue weighted by molar-refractivity contribution is -0.132. The van der Waals surface area contributed by atoms with Gasteiger partial charge in [0, 0.05) is 18.8 Å². The Bertz CT molecular complexity index is 493. The summed E-state index contributed by atoms with van der Waals surface area (Å²) in [7, 11) is 0. The molecule has 108 valence electrons. The van der Waals surface area contributed by atoms with Gasteiger partial charge in [-0.25, -0.2) is 4.39 Å². The van der Waals surface area contributed by atoms with E-state index >= 15 is 0 Å². The number of carbonyl (C=O) groups excluding carboxylic acids is 1. The number of likely N-dealkylation sites (tertiary alicyclic amines) is 1. The third-order valence-electron chi connectivity index (χ3n) is 3.20. The zero-order valence-electron chi connectivity index (χ0n) is 10.8. The van der Waals surface area contributed by atoms with E-state index in [1.54, 1.807) is 24.5 Å². The van der Waals surface area contributed by atoms with Gasteiger partial charge in [-0.1, -0.05) is 0 Å². The minimum atomic E-state index is -1.14. The van der Waals surface area contributed by atoms with Crippen molar-refractivity contribution in [3.05, 3.63) is 30.1 Å². The number of aromatic nitrogens is 1. The van der Waals surface area contributed by atoms with E-state index in [0.29, 0.717) is 6.42 Å². The first-order chi connectivity index (χ1) is 9.11. The molecule has 1 fully saturated rings. The molecule has 0 saturated carbocycles. The first kappa shape index (κ1) is 16.3. The van der Waals surface area contributed by atoms with E-state index in [1.807, 2.05) is 6.07 Å². The van der Waals surface area contributed by atoms with E-state index in [9.17, 15) is 9.18 Å². The van der Waals surface area contributed by atoms with E-state index in [2.05, 4.69) is 4.98 Å². The lowest BCUT2D eigenvalue weighted by Gasteiger charge is -2.23. The average Bonchev–Trinajstić information content (AvgIpc) is 2.80. The van der Waals surface area contributed by atoms with Crippen LogP contribution in [0.4, 0.5) is 4.39 Å². The molecule has 1 aromatic heterocycles. The summed E-state index contributed by atoms with van der Waals surface area (Å²) in [5.41, 5.74) is 6.74. The van der Waals surface area contributed by atoms with Crippen LogP contribution >= 0.6 is 12.4 Å². The van der Waals surface area contributed by atoms with Crippen molar-refractivity contribution in [2.45, 2.75) is 31.1 Å². The van der Waals surface area contributed by atoms with E-state index in [4.69, 9.17) is 11.0 Å². The highest BCUT2D eigenvalue weighted by Crippen LogP contribution is 2.21. The third kappa shape index (κ3) is 3.65. The van der Waals surface area contributed by atoms with Crippen molar-refractivity contribution in [1.29, 1.82) is 5.26 Å².